The number of carbonyl (C=O) groups excluding carboxylic acids is 2. The Kier molecular flexibility index (Phi) is 11.0. The second-order valence-electron chi connectivity index (χ2n) is 15.8. The second kappa shape index (κ2) is 15.5. The van der Waals surface area contributed by atoms with Crippen molar-refractivity contribution in [1.29, 1.82) is 0 Å². The zero-order valence-electron chi connectivity index (χ0n) is 30.5. The fraction of sp³-hybridized carbons (Fsp3) is 0.610. The molecule has 3 aliphatic heterocycles. The summed E-state index contributed by atoms with van der Waals surface area (Å²) in [5, 5.41) is 0. The SMILES string of the molecule is CO[C@H]1/C=C/C[C@H](C)C[S@@](=O)(CC(=O)COC2CCOCC2)=NC(=O)c2ccc3c(c2)N(C[C@@H]2CC[C@H]21)C[C@@]1(CCCc2cc(C)ccc21)CO3. The van der Waals surface area contributed by atoms with Crippen LogP contribution in [0.2, 0.25) is 0 Å². The van der Waals surface area contributed by atoms with E-state index in [0.717, 1.165) is 69.5 Å². The standard InChI is InChI=1S/C41H54N2O7S/c1-28-9-13-36-30(20-28)7-5-17-41(36)26-43-22-32-10-12-35(32)38(47-3)8-4-6-29(2)24-51(46,25-33(44)23-49-34-15-18-48-19-16-34)42-40(45)31-11-14-39(50-27-41)37(43)21-31/h4,8-9,11,13-14,20-21,29,32,34-35,38H,5-7,10,12,15-19,22-27H2,1-3H3/b8-4+/t29-,32-,35+,38-,41-,51+/m0/s1. The number of ketones is 1. The number of anilines is 1. The molecule has 3 heterocycles. The minimum Gasteiger partial charge on any atom is -0.490 e. The number of aryl methyl sites for hydroxylation is 2. The minimum atomic E-state index is -3.23. The number of ether oxygens (including phenoxy) is 4. The van der Waals surface area contributed by atoms with Crippen LogP contribution in [-0.4, -0.2) is 86.2 Å². The van der Waals surface area contributed by atoms with Crippen LogP contribution in [0.1, 0.15) is 78.9 Å². The maximum Gasteiger partial charge on any atom is 0.285 e. The summed E-state index contributed by atoms with van der Waals surface area (Å²) in [6.07, 6.45) is 11.7. The quantitative estimate of drug-likeness (QED) is 0.313. The first-order valence-electron chi connectivity index (χ1n) is 18.9. The fourth-order valence-electron chi connectivity index (χ4n) is 8.98. The Morgan fingerprint density at radius 2 is 1.96 bits per heavy atom. The molecule has 0 N–H and O–H groups in total. The van der Waals surface area contributed by atoms with Crippen LogP contribution in [0.15, 0.2) is 52.9 Å². The Balaban J connectivity index is 1.24. The smallest absolute Gasteiger partial charge is 0.285 e. The first kappa shape index (κ1) is 36.3. The van der Waals surface area contributed by atoms with Crippen molar-refractivity contribution in [2.75, 3.05) is 63.0 Å². The molecule has 1 amide bonds. The van der Waals surface area contributed by atoms with Crippen LogP contribution in [0.4, 0.5) is 5.69 Å². The van der Waals surface area contributed by atoms with Gasteiger partial charge in [0.1, 0.15) is 12.4 Å². The molecule has 7 rings (SSSR count). The zero-order valence-corrected chi connectivity index (χ0v) is 31.3. The molecule has 0 radical (unpaired) electrons. The molecule has 5 aliphatic rings. The molecule has 0 aromatic heterocycles. The number of nitrogens with zero attached hydrogens (tertiary/aromatic N) is 2. The third-order valence-electron chi connectivity index (χ3n) is 11.8. The van der Waals surface area contributed by atoms with Crippen molar-refractivity contribution in [3.8, 4) is 5.75 Å². The topological polar surface area (TPSA) is 104 Å². The molecule has 6 atom stereocenters. The molecule has 276 valence electrons. The first-order chi connectivity index (χ1) is 24.6. The summed E-state index contributed by atoms with van der Waals surface area (Å²) in [6, 6.07) is 12.3. The Bertz CT molecular complexity index is 1760. The van der Waals surface area contributed by atoms with Gasteiger partial charge in [0.25, 0.3) is 5.91 Å². The van der Waals surface area contributed by atoms with Crippen LogP contribution < -0.4 is 9.64 Å². The normalized spacial score (nSPS) is 32.1. The van der Waals surface area contributed by atoms with Crippen molar-refractivity contribution < 1.29 is 32.7 Å². The average Bonchev–Trinajstić information content (AvgIpc) is 3.25. The predicted molar refractivity (Wildman–Crippen MR) is 199 cm³/mol. The van der Waals surface area contributed by atoms with Gasteiger partial charge in [-0.15, -0.1) is 0 Å². The lowest BCUT2D eigenvalue weighted by Gasteiger charge is -2.46. The molecule has 2 aliphatic carbocycles. The van der Waals surface area contributed by atoms with Crippen molar-refractivity contribution >= 4 is 27.1 Å². The van der Waals surface area contributed by atoms with E-state index < -0.39 is 15.6 Å². The van der Waals surface area contributed by atoms with E-state index in [0.29, 0.717) is 43.6 Å². The van der Waals surface area contributed by atoms with E-state index in [-0.39, 0.29) is 47.4 Å². The minimum absolute atomic E-state index is 0.0234. The molecule has 2 aromatic rings. The number of fused-ring (bicyclic) bond motifs is 4. The van der Waals surface area contributed by atoms with Crippen molar-refractivity contribution in [3.63, 3.8) is 0 Å². The molecular weight excluding hydrogens is 665 g/mol. The van der Waals surface area contributed by atoms with Crippen LogP contribution in [0, 0.1) is 24.7 Å². The van der Waals surface area contributed by atoms with Gasteiger partial charge in [-0.3, -0.25) is 9.59 Å². The van der Waals surface area contributed by atoms with Gasteiger partial charge in [-0.1, -0.05) is 42.8 Å². The zero-order chi connectivity index (χ0) is 35.6. The molecule has 1 spiro atoms. The first-order valence-corrected chi connectivity index (χ1v) is 20.8. The van der Waals surface area contributed by atoms with Crippen molar-refractivity contribution in [3.05, 3.63) is 70.8 Å². The van der Waals surface area contributed by atoms with E-state index in [1.807, 2.05) is 19.1 Å². The number of allylic oxidation sites excluding steroid dienone is 1. The second-order valence-corrected chi connectivity index (χ2v) is 18.1. The Morgan fingerprint density at radius 1 is 1.12 bits per heavy atom. The van der Waals surface area contributed by atoms with Crippen molar-refractivity contribution in [2.45, 2.75) is 82.8 Å². The van der Waals surface area contributed by atoms with E-state index in [1.54, 1.807) is 13.2 Å². The summed E-state index contributed by atoms with van der Waals surface area (Å²) in [4.78, 5) is 29.7. The molecule has 2 bridgehead atoms. The van der Waals surface area contributed by atoms with Crippen LogP contribution in [0.3, 0.4) is 0 Å². The lowest BCUT2D eigenvalue weighted by atomic mass is 9.68. The number of Topliss-reactive ketones (excluding diaryl/α,β-unsaturated/α-hetero) is 1. The molecule has 1 saturated carbocycles. The Hall–Kier alpha value is -3.05. The predicted octanol–water partition coefficient (Wildman–Crippen LogP) is 6.48. The summed E-state index contributed by atoms with van der Waals surface area (Å²) in [7, 11) is -1.45. The monoisotopic (exact) mass is 718 g/mol. The summed E-state index contributed by atoms with van der Waals surface area (Å²) in [5.41, 5.74) is 5.09. The largest absolute Gasteiger partial charge is 0.490 e. The van der Waals surface area contributed by atoms with Crippen LogP contribution in [0.5, 0.6) is 5.75 Å². The summed E-state index contributed by atoms with van der Waals surface area (Å²) in [6.45, 7) is 7.38. The van der Waals surface area contributed by atoms with E-state index >= 15 is 0 Å². The number of rotatable bonds is 6. The molecular formula is C41H54N2O7S. The van der Waals surface area contributed by atoms with Gasteiger partial charge in [0.05, 0.1) is 40.0 Å². The van der Waals surface area contributed by atoms with Gasteiger partial charge in [-0.05, 0) is 105 Å². The Labute approximate surface area is 303 Å². The van der Waals surface area contributed by atoms with Gasteiger partial charge < -0.3 is 23.8 Å². The van der Waals surface area contributed by atoms with Gasteiger partial charge in [0.2, 0.25) is 0 Å². The fourth-order valence-corrected chi connectivity index (χ4v) is 11.3. The highest BCUT2D eigenvalue weighted by atomic mass is 32.2. The summed E-state index contributed by atoms with van der Waals surface area (Å²) in [5.74, 6) is 0.436. The van der Waals surface area contributed by atoms with Gasteiger partial charge in [0, 0.05) is 50.1 Å². The van der Waals surface area contributed by atoms with Crippen LogP contribution in [-0.2, 0) is 40.6 Å². The van der Waals surface area contributed by atoms with Crippen LogP contribution >= 0.6 is 0 Å². The maximum absolute atomic E-state index is 14.5. The van der Waals surface area contributed by atoms with E-state index in [4.69, 9.17) is 18.9 Å². The maximum atomic E-state index is 14.5. The van der Waals surface area contributed by atoms with Crippen molar-refractivity contribution in [2.24, 2.45) is 22.1 Å². The number of hydrogen-bond donors (Lipinski definition) is 0. The third-order valence-corrected chi connectivity index (χ3v) is 14.2. The number of hydrogen-bond acceptors (Lipinski definition) is 8. The number of amides is 1. The molecule has 9 nitrogen and oxygen atoms in total. The van der Waals surface area contributed by atoms with Gasteiger partial charge in [-0.2, -0.15) is 4.36 Å². The molecule has 0 unspecified atom stereocenters. The average molecular weight is 719 g/mol. The number of benzene rings is 2. The molecule has 1 saturated heterocycles. The van der Waals surface area contributed by atoms with Gasteiger partial charge in [-0.25, -0.2) is 4.21 Å². The molecule has 2 fully saturated rings. The van der Waals surface area contributed by atoms with E-state index in [1.165, 1.54) is 16.7 Å². The highest BCUT2D eigenvalue weighted by Gasteiger charge is 2.44. The molecule has 2 aromatic carbocycles. The summed E-state index contributed by atoms with van der Waals surface area (Å²) >= 11 is 0. The van der Waals surface area contributed by atoms with Crippen molar-refractivity contribution in [1.82, 2.24) is 0 Å². The van der Waals surface area contributed by atoms with E-state index in [2.05, 4.69) is 46.5 Å². The molecule has 10 heteroatoms. The number of methoxy groups -OCH3 is 1. The summed E-state index contributed by atoms with van der Waals surface area (Å²) < 4.78 is 43.0. The molecule has 51 heavy (non-hydrogen) atoms. The Morgan fingerprint density at radius 3 is 2.75 bits per heavy atom. The lowest BCUT2D eigenvalue weighted by molar-refractivity contribution is -0.125. The van der Waals surface area contributed by atoms with Gasteiger partial charge in [0.15, 0.2) is 5.78 Å². The lowest BCUT2D eigenvalue weighted by Crippen LogP contribution is -2.49. The highest BCUT2D eigenvalue weighted by molar-refractivity contribution is 7.94. The third kappa shape index (κ3) is 8.14. The highest BCUT2D eigenvalue weighted by Crippen LogP contribution is 2.47. The van der Waals surface area contributed by atoms with E-state index in [9.17, 15) is 13.8 Å². The van der Waals surface area contributed by atoms with Gasteiger partial charge >= 0.3 is 0 Å². The number of carbonyl (C=O) groups is 2. The van der Waals surface area contributed by atoms with Crippen LogP contribution in [0.25, 0.3) is 0 Å².